The SMILES string of the molecule is Cc1cc(C)cc(-c2ccc3c(c2)c2cc(-c4cc(C)cc(C)c4)ccc2n3-c2ccc(-c3cc(-c4ccccc4)nc(-c4ccccc4)n3)cc2-c2nc(-c3ccccc3)nc(-c3ccccc3)n2)c1. The van der Waals surface area contributed by atoms with Gasteiger partial charge in [-0.15, -0.1) is 0 Å². The van der Waals surface area contributed by atoms with Crippen molar-refractivity contribution in [2.45, 2.75) is 27.7 Å². The van der Waals surface area contributed by atoms with E-state index in [0.717, 1.165) is 72.3 Å². The summed E-state index contributed by atoms with van der Waals surface area (Å²) in [6.07, 6.45) is 0. The van der Waals surface area contributed by atoms with Crippen LogP contribution in [0.4, 0.5) is 0 Å². The Balaban J connectivity index is 1.15. The van der Waals surface area contributed by atoms with Gasteiger partial charge in [-0.1, -0.05) is 198 Å². The molecular weight excluding hydrogens is 865 g/mol. The van der Waals surface area contributed by atoms with E-state index in [1.165, 1.54) is 44.5 Å². The van der Waals surface area contributed by atoms with Gasteiger partial charge in [0.15, 0.2) is 23.3 Å². The summed E-state index contributed by atoms with van der Waals surface area (Å²) in [5, 5.41) is 2.30. The molecule has 0 fully saturated rings. The van der Waals surface area contributed by atoms with Crippen molar-refractivity contribution in [1.82, 2.24) is 29.5 Å². The number of rotatable bonds is 9. The second kappa shape index (κ2) is 18.1. The first-order valence-corrected chi connectivity index (χ1v) is 24.1. The van der Waals surface area contributed by atoms with Gasteiger partial charge in [-0.3, -0.25) is 0 Å². The molecule has 9 aromatic carbocycles. The summed E-state index contributed by atoms with van der Waals surface area (Å²) < 4.78 is 2.39. The van der Waals surface area contributed by atoms with Crippen LogP contribution in [-0.2, 0) is 0 Å². The average molecular weight is 913 g/mol. The van der Waals surface area contributed by atoms with Gasteiger partial charge in [-0.05, 0) is 92.4 Å². The summed E-state index contributed by atoms with van der Waals surface area (Å²) in [4.78, 5) is 26.3. The Morgan fingerprint density at radius 3 is 1.10 bits per heavy atom. The van der Waals surface area contributed by atoms with Crippen molar-refractivity contribution in [3.63, 3.8) is 0 Å². The lowest BCUT2D eigenvalue weighted by Crippen LogP contribution is -2.04. The first-order chi connectivity index (χ1) is 34.8. The first kappa shape index (κ1) is 43.2. The molecule has 6 heteroatoms. The minimum atomic E-state index is 0.545. The van der Waals surface area contributed by atoms with Crippen LogP contribution in [0.1, 0.15) is 22.3 Å². The number of fused-ring (bicyclic) bond motifs is 3. The van der Waals surface area contributed by atoms with Crippen LogP contribution in [-0.4, -0.2) is 29.5 Å². The Hall–Kier alpha value is -9.13. The molecular formula is C65H48N6. The third-order valence-corrected chi connectivity index (χ3v) is 13.2. The molecule has 3 aromatic heterocycles. The van der Waals surface area contributed by atoms with Crippen molar-refractivity contribution < 1.29 is 0 Å². The maximum Gasteiger partial charge on any atom is 0.166 e. The van der Waals surface area contributed by atoms with E-state index in [9.17, 15) is 0 Å². The van der Waals surface area contributed by atoms with E-state index in [4.69, 9.17) is 24.9 Å². The first-order valence-electron chi connectivity index (χ1n) is 24.1. The average Bonchev–Trinajstić information content (AvgIpc) is 3.73. The molecule has 0 spiro atoms. The molecule has 71 heavy (non-hydrogen) atoms. The molecule has 0 atom stereocenters. The van der Waals surface area contributed by atoms with E-state index < -0.39 is 0 Å². The fraction of sp³-hybridized carbons (Fsp3) is 0.0615. The summed E-state index contributed by atoms with van der Waals surface area (Å²) in [6, 6.07) is 76.8. The van der Waals surface area contributed by atoms with Gasteiger partial charge in [0.05, 0.1) is 28.1 Å². The lowest BCUT2D eigenvalue weighted by molar-refractivity contribution is 1.06. The highest BCUT2D eigenvalue weighted by atomic mass is 15.1. The van der Waals surface area contributed by atoms with E-state index >= 15 is 0 Å². The molecule has 338 valence electrons. The van der Waals surface area contributed by atoms with Gasteiger partial charge in [0.2, 0.25) is 0 Å². The fourth-order valence-electron chi connectivity index (χ4n) is 9.99. The normalized spacial score (nSPS) is 11.4. The number of hydrogen-bond donors (Lipinski definition) is 0. The monoisotopic (exact) mass is 912 g/mol. The van der Waals surface area contributed by atoms with Crippen LogP contribution in [0.2, 0.25) is 0 Å². The summed E-state index contributed by atoms with van der Waals surface area (Å²) in [6.45, 7) is 8.68. The van der Waals surface area contributed by atoms with Crippen molar-refractivity contribution in [1.29, 1.82) is 0 Å². The molecule has 12 aromatic rings. The molecule has 0 aliphatic heterocycles. The predicted molar refractivity (Wildman–Crippen MR) is 292 cm³/mol. The molecule has 0 amide bonds. The third-order valence-electron chi connectivity index (χ3n) is 13.2. The lowest BCUT2D eigenvalue weighted by Gasteiger charge is -2.17. The minimum absolute atomic E-state index is 0.545. The second-order valence-corrected chi connectivity index (χ2v) is 18.5. The molecule has 0 radical (unpaired) electrons. The molecule has 0 unspecified atom stereocenters. The van der Waals surface area contributed by atoms with E-state index in [1.54, 1.807) is 0 Å². The van der Waals surface area contributed by atoms with E-state index in [0.29, 0.717) is 23.3 Å². The van der Waals surface area contributed by atoms with Gasteiger partial charge in [0, 0.05) is 44.2 Å². The van der Waals surface area contributed by atoms with Gasteiger partial charge < -0.3 is 4.57 Å². The van der Waals surface area contributed by atoms with Crippen LogP contribution >= 0.6 is 0 Å². The Morgan fingerprint density at radius 2 is 0.648 bits per heavy atom. The van der Waals surface area contributed by atoms with Gasteiger partial charge in [0.1, 0.15) is 0 Å². The largest absolute Gasteiger partial charge is 0.308 e. The van der Waals surface area contributed by atoms with Gasteiger partial charge >= 0.3 is 0 Å². The van der Waals surface area contributed by atoms with Crippen molar-refractivity contribution in [2.24, 2.45) is 0 Å². The second-order valence-electron chi connectivity index (χ2n) is 18.5. The summed E-state index contributed by atoms with van der Waals surface area (Å²) in [5.41, 5.74) is 19.8. The Kier molecular flexibility index (Phi) is 11.0. The van der Waals surface area contributed by atoms with Crippen molar-refractivity contribution >= 4 is 21.8 Å². The quantitative estimate of drug-likeness (QED) is 0.144. The molecule has 0 saturated carbocycles. The van der Waals surface area contributed by atoms with E-state index in [2.05, 4.69) is 178 Å². The summed E-state index contributed by atoms with van der Waals surface area (Å²) in [5.74, 6) is 2.36. The smallest absolute Gasteiger partial charge is 0.166 e. The summed E-state index contributed by atoms with van der Waals surface area (Å²) in [7, 11) is 0. The van der Waals surface area contributed by atoms with Crippen molar-refractivity contribution in [3.05, 3.63) is 241 Å². The number of benzene rings is 9. The number of hydrogen-bond acceptors (Lipinski definition) is 5. The number of aromatic nitrogens is 6. The molecule has 6 nitrogen and oxygen atoms in total. The van der Waals surface area contributed by atoms with Crippen LogP contribution in [0.25, 0.3) is 118 Å². The highest BCUT2D eigenvalue weighted by Crippen LogP contribution is 2.42. The molecule has 3 heterocycles. The molecule has 0 aliphatic carbocycles. The topological polar surface area (TPSA) is 69.4 Å². The predicted octanol–water partition coefficient (Wildman–Crippen LogP) is 16.3. The van der Waals surface area contributed by atoms with Crippen LogP contribution in [0.15, 0.2) is 218 Å². The highest BCUT2D eigenvalue weighted by molar-refractivity contribution is 6.12. The molecule has 0 N–H and O–H groups in total. The van der Waals surface area contributed by atoms with Crippen LogP contribution in [0, 0.1) is 27.7 Å². The van der Waals surface area contributed by atoms with Gasteiger partial charge in [0.25, 0.3) is 0 Å². The molecule has 12 rings (SSSR count). The number of aryl methyl sites for hydroxylation is 4. The maximum absolute atomic E-state index is 5.37. The van der Waals surface area contributed by atoms with Crippen LogP contribution in [0.3, 0.4) is 0 Å². The van der Waals surface area contributed by atoms with E-state index in [-0.39, 0.29) is 0 Å². The molecule has 0 aliphatic rings. The third kappa shape index (κ3) is 8.46. The van der Waals surface area contributed by atoms with Crippen molar-refractivity contribution in [2.75, 3.05) is 0 Å². The van der Waals surface area contributed by atoms with Gasteiger partial charge in [-0.2, -0.15) is 0 Å². The van der Waals surface area contributed by atoms with Crippen molar-refractivity contribution in [3.8, 4) is 96.0 Å². The molecule has 0 bridgehead atoms. The zero-order valence-electron chi connectivity index (χ0n) is 40.0. The van der Waals surface area contributed by atoms with Crippen LogP contribution in [0.5, 0.6) is 0 Å². The summed E-state index contributed by atoms with van der Waals surface area (Å²) >= 11 is 0. The standard InChI is InChI=1S/C65H48N6/c1-41-31-42(2)34-52(33-41)49-25-28-59-54(37-49)55-38-50(53-35-43(3)32-44(4)36-53)26-29-60(55)71(59)61-30-27-51(58-40-57(45-17-9-5-10-18-45)66-62(67-58)46-19-11-6-12-20-46)39-56(61)65-69-63(47-21-13-7-14-22-47)68-64(70-65)48-23-15-8-16-24-48/h5-40H,1-4H3. The van der Waals surface area contributed by atoms with E-state index in [1.807, 2.05) is 72.8 Å². The fourth-order valence-corrected chi connectivity index (χ4v) is 9.99. The van der Waals surface area contributed by atoms with Gasteiger partial charge in [-0.25, -0.2) is 24.9 Å². The zero-order chi connectivity index (χ0) is 48.0. The minimum Gasteiger partial charge on any atom is -0.308 e. The van der Waals surface area contributed by atoms with Crippen LogP contribution < -0.4 is 0 Å². The highest BCUT2D eigenvalue weighted by Gasteiger charge is 2.22. The Labute approximate surface area is 413 Å². The Bertz CT molecular complexity index is 3690. The Morgan fingerprint density at radius 1 is 0.268 bits per heavy atom. The lowest BCUT2D eigenvalue weighted by atomic mass is 9.97. The number of nitrogens with zero attached hydrogens (tertiary/aromatic N) is 6. The maximum atomic E-state index is 5.37. The zero-order valence-corrected chi connectivity index (χ0v) is 40.0. The molecule has 0 saturated heterocycles.